The fourth-order valence-corrected chi connectivity index (χ4v) is 1.09. The van der Waals surface area contributed by atoms with Gasteiger partial charge in [0, 0.05) is 11.3 Å². The van der Waals surface area contributed by atoms with Crippen LogP contribution in [0.25, 0.3) is 0 Å². The van der Waals surface area contributed by atoms with Gasteiger partial charge in [-0.15, -0.1) is 0 Å². The van der Waals surface area contributed by atoms with Crippen LogP contribution in [0.1, 0.15) is 17.6 Å². The van der Waals surface area contributed by atoms with Gasteiger partial charge in [-0.25, -0.2) is 8.78 Å². The van der Waals surface area contributed by atoms with Crippen LogP contribution in [0.3, 0.4) is 0 Å². The first-order valence-corrected chi connectivity index (χ1v) is 3.71. The summed E-state index contributed by atoms with van der Waals surface area (Å²) in [6.07, 6.45) is -2.68. The van der Waals surface area contributed by atoms with Gasteiger partial charge in [-0.3, -0.25) is 0 Å². The molecular formula is C8H5ClF2N2. The zero-order valence-corrected chi connectivity index (χ0v) is 7.15. The van der Waals surface area contributed by atoms with Crippen LogP contribution < -0.4 is 5.73 Å². The minimum absolute atomic E-state index is 0.00741. The number of hydrogen-bond acceptors (Lipinski definition) is 2. The third-order valence-corrected chi connectivity index (χ3v) is 1.84. The molecule has 0 heterocycles. The van der Waals surface area contributed by atoms with E-state index in [1.54, 1.807) is 6.07 Å². The van der Waals surface area contributed by atoms with E-state index in [0.29, 0.717) is 0 Å². The van der Waals surface area contributed by atoms with Crippen LogP contribution in [0.2, 0.25) is 5.02 Å². The Morgan fingerprint density at radius 1 is 1.46 bits per heavy atom. The molecule has 0 aliphatic rings. The number of rotatable bonds is 1. The van der Waals surface area contributed by atoms with E-state index in [0.717, 1.165) is 12.1 Å². The van der Waals surface area contributed by atoms with E-state index in [2.05, 4.69) is 0 Å². The molecule has 0 fully saturated rings. The molecule has 0 saturated heterocycles. The van der Waals surface area contributed by atoms with Gasteiger partial charge in [0.05, 0.1) is 10.6 Å². The second-order valence-electron chi connectivity index (χ2n) is 2.37. The molecule has 0 aromatic heterocycles. The SMILES string of the molecule is N#Cc1cc(N)c(C(F)F)cc1Cl. The lowest BCUT2D eigenvalue weighted by atomic mass is 10.1. The van der Waals surface area contributed by atoms with Gasteiger partial charge in [-0.1, -0.05) is 11.6 Å². The van der Waals surface area contributed by atoms with Crippen LogP contribution in [-0.2, 0) is 0 Å². The maximum Gasteiger partial charge on any atom is 0.265 e. The van der Waals surface area contributed by atoms with Crippen molar-refractivity contribution >= 4 is 17.3 Å². The Labute approximate surface area is 78.5 Å². The minimum atomic E-state index is -2.68. The highest BCUT2D eigenvalue weighted by Crippen LogP contribution is 2.29. The summed E-state index contributed by atoms with van der Waals surface area (Å²) in [5.41, 5.74) is 4.92. The first-order chi connectivity index (χ1) is 6.06. The van der Waals surface area contributed by atoms with E-state index in [-0.39, 0.29) is 21.8 Å². The third kappa shape index (κ3) is 1.87. The van der Waals surface area contributed by atoms with Crippen LogP contribution in [0.15, 0.2) is 12.1 Å². The summed E-state index contributed by atoms with van der Waals surface area (Å²) in [7, 11) is 0. The maximum atomic E-state index is 12.2. The number of hydrogen-bond donors (Lipinski definition) is 1. The van der Waals surface area contributed by atoms with E-state index in [9.17, 15) is 8.78 Å². The molecule has 2 N–H and O–H groups in total. The van der Waals surface area contributed by atoms with Crippen molar-refractivity contribution in [1.82, 2.24) is 0 Å². The summed E-state index contributed by atoms with van der Waals surface area (Å²) >= 11 is 5.53. The van der Waals surface area contributed by atoms with Gasteiger partial charge >= 0.3 is 0 Å². The molecule has 1 aromatic carbocycles. The molecule has 0 bridgehead atoms. The quantitative estimate of drug-likeness (QED) is 0.712. The summed E-state index contributed by atoms with van der Waals surface area (Å²) in [5, 5.41) is 8.49. The predicted octanol–water partition coefficient (Wildman–Crippen LogP) is 2.73. The Balaban J connectivity index is 3.31. The highest BCUT2D eigenvalue weighted by Gasteiger charge is 2.13. The Bertz CT molecular complexity index is 371. The number of benzene rings is 1. The van der Waals surface area contributed by atoms with E-state index in [4.69, 9.17) is 22.6 Å². The van der Waals surface area contributed by atoms with Crippen LogP contribution in [0.4, 0.5) is 14.5 Å². The average molecular weight is 203 g/mol. The first-order valence-electron chi connectivity index (χ1n) is 3.33. The lowest BCUT2D eigenvalue weighted by Crippen LogP contribution is -1.96. The standard InChI is InChI=1S/C8H5ClF2N2/c9-6-2-5(8(10)11)7(13)1-4(6)3-12/h1-2,8H,13H2. The molecule has 0 spiro atoms. The number of nitrogen functional groups attached to an aromatic ring is 1. The number of nitriles is 1. The van der Waals surface area contributed by atoms with E-state index >= 15 is 0 Å². The van der Waals surface area contributed by atoms with Gasteiger partial charge in [-0.2, -0.15) is 5.26 Å². The molecule has 1 rings (SSSR count). The molecule has 0 radical (unpaired) electrons. The smallest absolute Gasteiger partial charge is 0.265 e. The zero-order chi connectivity index (χ0) is 10.0. The van der Waals surface area contributed by atoms with E-state index in [1.165, 1.54) is 0 Å². The molecular weight excluding hydrogens is 198 g/mol. The largest absolute Gasteiger partial charge is 0.398 e. The van der Waals surface area contributed by atoms with Crippen LogP contribution >= 0.6 is 11.6 Å². The second kappa shape index (κ2) is 3.58. The lowest BCUT2D eigenvalue weighted by Gasteiger charge is -2.05. The summed E-state index contributed by atoms with van der Waals surface area (Å²) in [5.74, 6) is 0. The number of halogens is 3. The first kappa shape index (κ1) is 9.75. The van der Waals surface area contributed by atoms with Gasteiger partial charge in [0.15, 0.2) is 0 Å². The highest BCUT2D eigenvalue weighted by atomic mass is 35.5. The van der Waals surface area contributed by atoms with Crippen molar-refractivity contribution in [3.63, 3.8) is 0 Å². The average Bonchev–Trinajstić information content (AvgIpc) is 2.07. The normalized spacial score (nSPS) is 10.1. The van der Waals surface area contributed by atoms with Crippen molar-refractivity contribution < 1.29 is 8.78 Å². The molecule has 2 nitrogen and oxygen atoms in total. The molecule has 68 valence electrons. The number of alkyl halides is 2. The van der Waals surface area contributed by atoms with Crippen LogP contribution in [0.5, 0.6) is 0 Å². The molecule has 1 aromatic rings. The fourth-order valence-electron chi connectivity index (χ4n) is 0.880. The summed E-state index contributed by atoms with van der Waals surface area (Å²) in [4.78, 5) is 0. The fraction of sp³-hybridized carbons (Fsp3) is 0.125. The summed E-state index contributed by atoms with van der Waals surface area (Å²) in [6, 6.07) is 3.90. The molecule has 0 atom stereocenters. The Morgan fingerprint density at radius 2 is 2.08 bits per heavy atom. The van der Waals surface area contributed by atoms with Crippen molar-refractivity contribution in [1.29, 1.82) is 5.26 Å². The summed E-state index contributed by atoms with van der Waals surface area (Å²) < 4.78 is 24.4. The predicted molar refractivity (Wildman–Crippen MR) is 45.5 cm³/mol. The molecule has 0 aliphatic carbocycles. The minimum Gasteiger partial charge on any atom is -0.398 e. The lowest BCUT2D eigenvalue weighted by molar-refractivity contribution is 0.152. The monoisotopic (exact) mass is 202 g/mol. The van der Waals surface area contributed by atoms with Gasteiger partial charge in [0.1, 0.15) is 6.07 Å². The Hall–Kier alpha value is -1.34. The maximum absolute atomic E-state index is 12.2. The Morgan fingerprint density at radius 3 is 2.54 bits per heavy atom. The van der Waals surface area contributed by atoms with Crippen molar-refractivity contribution in [2.75, 3.05) is 5.73 Å². The van der Waals surface area contributed by atoms with Crippen LogP contribution in [-0.4, -0.2) is 0 Å². The molecule has 13 heavy (non-hydrogen) atoms. The van der Waals surface area contributed by atoms with Gasteiger partial charge in [0.2, 0.25) is 0 Å². The summed E-state index contributed by atoms with van der Waals surface area (Å²) in [6.45, 7) is 0. The van der Waals surface area contributed by atoms with Crippen molar-refractivity contribution in [3.8, 4) is 6.07 Å². The Kier molecular flexibility index (Phi) is 2.69. The van der Waals surface area contributed by atoms with Gasteiger partial charge < -0.3 is 5.73 Å². The highest BCUT2D eigenvalue weighted by molar-refractivity contribution is 6.31. The number of anilines is 1. The molecule has 0 saturated carbocycles. The van der Waals surface area contributed by atoms with Gasteiger partial charge in [0.25, 0.3) is 6.43 Å². The zero-order valence-electron chi connectivity index (χ0n) is 6.39. The van der Waals surface area contributed by atoms with Crippen molar-refractivity contribution in [3.05, 3.63) is 28.3 Å². The molecule has 0 amide bonds. The van der Waals surface area contributed by atoms with E-state index in [1.807, 2.05) is 0 Å². The van der Waals surface area contributed by atoms with Crippen molar-refractivity contribution in [2.45, 2.75) is 6.43 Å². The second-order valence-corrected chi connectivity index (χ2v) is 2.78. The van der Waals surface area contributed by atoms with Gasteiger partial charge in [-0.05, 0) is 12.1 Å². The van der Waals surface area contributed by atoms with Crippen LogP contribution in [0, 0.1) is 11.3 Å². The molecule has 0 aliphatic heterocycles. The number of nitrogens with two attached hydrogens (primary N) is 1. The third-order valence-electron chi connectivity index (χ3n) is 1.53. The number of nitrogens with zero attached hydrogens (tertiary/aromatic N) is 1. The molecule has 5 heteroatoms. The van der Waals surface area contributed by atoms with E-state index < -0.39 is 6.43 Å². The molecule has 0 unspecified atom stereocenters. The topological polar surface area (TPSA) is 49.8 Å². The van der Waals surface area contributed by atoms with Crippen molar-refractivity contribution in [2.24, 2.45) is 0 Å².